The first-order valence-corrected chi connectivity index (χ1v) is 8.98. The first kappa shape index (κ1) is 16.8. The van der Waals surface area contributed by atoms with Crippen LogP contribution in [0.2, 0.25) is 5.02 Å². The molecule has 0 aliphatic carbocycles. The highest BCUT2D eigenvalue weighted by atomic mass is 35.5. The summed E-state index contributed by atoms with van der Waals surface area (Å²) in [5.74, 6) is -0.106. The molecule has 2 aromatic carbocycles. The zero-order valence-electron chi connectivity index (χ0n) is 13.8. The molecule has 0 radical (unpaired) electrons. The molecule has 1 aliphatic heterocycles. The van der Waals surface area contributed by atoms with Crippen LogP contribution in [0.1, 0.15) is 35.2 Å². The van der Waals surface area contributed by atoms with Gasteiger partial charge in [0, 0.05) is 25.3 Å². The van der Waals surface area contributed by atoms with Gasteiger partial charge in [-0.3, -0.25) is 4.79 Å². The van der Waals surface area contributed by atoms with E-state index in [0.717, 1.165) is 12.8 Å². The van der Waals surface area contributed by atoms with Crippen molar-refractivity contribution >= 4 is 23.2 Å². The number of amides is 1. The number of nitrogens with zero attached hydrogens (tertiary/aromatic N) is 1. The van der Waals surface area contributed by atoms with Gasteiger partial charge in [0.2, 0.25) is 0 Å². The monoisotopic (exact) mass is 342 g/mol. The summed E-state index contributed by atoms with van der Waals surface area (Å²) in [6.07, 6.45) is 4.47. The predicted molar refractivity (Wildman–Crippen MR) is 100.0 cm³/mol. The molecule has 2 aromatic rings. The maximum atomic E-state index is 12.1. The van der Waals surface area contributed by atoms with Crippen LogP contribution in [0.3, 0.4) is 0 Å². The van der Waals surface area contributed by atoms with Crippen LogP contribution in [0.5, 0.6) is 0 Å². The van der Waals surface area contributed by atoms with Gasteiger partial charge >= 0.3 is 0 Å². The zero-order valence-corrected chi connectivity index (χ0v) is 14.6. The molecular formula is C20H23ClN2O. The summed E-state index contributed by atoms with van der Waals surface area (Å²) in [5, 5.41) is 3.43. The van der Waals surface area contributed by atoms with Crippen LogP contribution in [0.4, 0.5) is 5.69 Å². The van der Waals surface area contributed by atoms with Gasteiger partial charge in [0.15, 0.2) is 0 Å². The van der Waals surface area contributed by atoms with E-state index in [0.29, 0.717) is 17.1 Å². The lowest BCUT2D eigenvalue weighted by Gasteiger charge is -2.17. The SMILES string of the molecule is O=C(NCCCc1ccc(N2CCCC2)cc1)c1ccccc1Cl. The summed E-state index contributed by atoms with van der Waals surface area (Å²) in [6, 6.07) is 15.9. The predicted octanol–water partition coefficient (Wildman–Crippen LogP) is 4.30. The van der Waals surface area contributed by atoms with E-state index in [1.54, 1.807) is 12.1 Å². The molecule has 0 spiro atoms. The van der Waals surface area contributed by atoms with Crippen molar-refractivity contribution in [2.75, 3.05) is 24.5 Å². The maximum absolute atomic E-state index is 12.1. The normalized spacial score (nSPS) is 14.0. The topological polar surface area (TPSA) is 32.3 Å². The van der Waals surface area contributed by atoms with Crippen molar-refractivity contribution in [3.8, 4) is 0 Å². The molecule has 1 amide bonds. The van der Waals surface area contributed by atoms with Crippen LogP contribution in [0.15, 0.2) is 48.5 Å². The first-order valence-electron chi connectivity index (χ1n) is 8.60. The van der Waals surface area contributed by atoms with E-state index in [1.807, 2.05) is 12.1 Å². The molecule has 126 valence electrons. The van der Waals surface area contributed by atoms with Gasteiger partial charge in [-0.05, 0) is 55.5 Å². The van der Waals surface area contributed by atoms with Crippen LogP contribution in [0.25, 0.3) is 0 Å². The molecular weight excluding hydrogens is 320 g/mol. The van der Waals surface area contributed by atoms with Gasteiger partial charge in [0.05, 0.1) is 10.6 Å². The number of rotatable bonds is 6. The van der Waals surface area contributed by atoms with Crippen molar-refractivity contribution in [2.24, 2.45) is 0 Å². The molecule has 1 saturated heterocycles. The molecule has 0 aromatic heterocycles. The van der Waals surface area contributed by atoms with Crippen molar-refractivity contribution in [3.63, 3.8) is 0 Å². The summed E-state index contributed by atoms with van der Waals surface area (Å²) in [7, 11) is 0. The summed E-state index contributed by atoms with van der Waals surface area (Å²) < 4.78 is 0. The standard InChI is InChI=1S/C20H23ClN2O/c21-19-8-2-1-7-18(19)20(24)22-13-5-6-16-9-11-17(12-10-16)23-14-3-4-15-23/h1-2,7-12H,3-6,13-15H2,(H,22,24). The van der Waals surface area contributed by atoms with Crippen LogP contribution in [-0.4, -0.2) is 25.5 Å². The van der Waals surface area contributed by atoms with Crippen LogP contribution >= 0.6 is 11.6 Å². The van der Waals surface area contributed by atoms with Gasteiger partial charge in [-0.15, -0.1) is 0 Å². The second-order valence-electron chi connectivity index (χ2n) is 6.20. The van der Waals surface area contributed by atoms with E-state index in [-0.39, 0.29) is 5.91 Å². The van der Waals surface area contributed by atoms with Crippen LogP contribution in [0, 0.1) is 0 Å². The molecule has 1 heterocycles. The Bertz CT molecular complexity index is 678. The number of benzene rings is 2. The molecule has 4 heteroatoms. The Kier molecular flexibility index (Phi) is 5.76. The summed E-state index contributed by atoms with van der Waals surface area (Å²) >= 11 is 6.03. The maximum Gasteiger partial charge on any atom is 0.252 e. The summed E-state index contributed by atoms with van der Waals surface area (Å²) in [5.41, 5.74) is 3.17. The minimum atomic E-state index is -0.106. The van der Waals surface area contributed by atoms with E-state index in [1.165, 1.54) is 37.2 Å². The van der Waals surface area contributed by atoms with E-state index in [9.17, 15) is 4.79 Å². The van der Waals surface area contributed by atoms with Gasteiger partial charge in [0.25, 0.3) is 5.91 Å². The van der Waals surface area contributed by atoms with Crippen LogP contribution in [-0.2, 0) is 6.42 Å². The molecule has 3 rings (SSSR count). The number of halogens is 1. The highest BCUT2D eigenvalue weighted by Gasteiger charge is 2.12. The Morgan fingerprint density at radius 2 is 1.75 bits per heavy atom. The zero-order chi connectivity index (χ0) is 16.8. The highest BCUT2D eigenvalue weighted by molar-refractivity contribution is 6.33. The molecule has 0 bridgehead atoms. The average molecular weight is 343 g/mol. The third-order valence-corrected chi connectivity index (χ3v) is 4.78. The van der Waals surface area contributed by atoms with Crippen molar-refractivity contribution in [1.29, 1.82) is 0 Å². The number of carbonyl (C=O) groups is 1. The van der Waals surface area contributed by atoms with E-state index >= 15 is 0 Å². The van der Waals surface area contributed by atoms with Crippen molar-refractivity contribution < 1.29 is 4.79 Å². The number of carbonyl (C=O) groups excluding carboxylic acids is 1. The fourth-order valence-corrected chi connectivity index (χ4v) is 3.31. The quantitative estimate of drug-likeness (QED) is 0.794. The number of anilines is 1. The van der Waals surface area contributed by atoms with E-state index in [2.05, 4.69) is 34.5 Å². The highest BCUT2D eigenvalue weighted by Crippen LogP contribution is 2.20. The third kappa shape index (κ3) is 4.30. The summed E-state index contributed by atoms with van der Waals surface area (Å²) in [4.78, 5) is 14.5. The van der Waals surface area contributed by atoms with Gasteiger partial charge in [-0.1, -0.05) is 35.9 Å². The molecule has 1 aliphatic rings. The van der Waals surface area contributed by atoms with Gasteiger partial charge in [0.1, 0.15) is 0 Å². The van der Waals surface area contributed by atoms with Crippen molar-refractivity contribution in [2.45, 2.75) is 25.7 Å². The van der Waals surface area contributed by atoms with Crippen molar-refractivity contribution in [1.82, 2.24) is 5.32 Å². The average Bonchev–Trinajstić information content (AvgIpc) is 3.14. The van der Waals surface area contributed by atoms with Crippen LogP contribution < -0.4 is 10.2 Å². The fourth-order valence-electron chi connectivity index (χ4n) is 3.08. The largest absolute Gasteiger partial charge is 0.372 e. The molecule has 0 atom stereocenters. The Hall–Kier alpha value is -2.00. The van der Waals surface area contributed by atoms with E-state index in [4.69, 9.17) is 11.6 Å². The fraction of sp³-hybridized carbons (Fsp3) is 0.350. The number of aryl methyl sites for hydroxylation is 1. The number of hydrogen-bond acceptors (Lipinski definition) is 2. The van der Waals surface area contributed by atoms with Gasteiger partial charge in [-0.2, -0.15) is 0 Å². The second kappa shape index (κ2) is 8.20. The molecule has 1 N–H and O–H groups in total. The lowest BCUT2D eigenvalue weighted by Crippen LogP contribution is -2.25. The Morgan fingerprint density at radius 1 is 1.04 bits per heavy atom. The summed E-state index contributed by atoms with van der Waals surface area (Å²) in [6.45, 7) is 3.00. The number of hydrogen-bond donors (Lipinski definition) is 1. The molecule has 0 unspecified atom stereocenters. The smallest absolute Gasteiger partial charge is 0.252 e. The Balaban J connectivity index is 1.43. The van der Waals surface area contributed by atoms with Crippen molar-refractivity contribution in [3.05, 3.63) is 64.7 Å². The van der Waals surface area contributed by atoms with E-state index < -0.39 is 0 Å². The molecule has 0 saturated carbocycles. The number of nitrogens with one attached hydrogen (secondary N) is 1. The molecule has 24 heavy (non-hydrogen) atoms. The minimum absolute atomic E-state index is 0.106. The molecule has 3 nitrogen and oxygen atoms in total. The second-order valence-corrected chi connectivity index (χ2v) is 6.61. The first-order chi connectivity index (χ1) is 11.7. The third-order valence-electron chi connectivity index (χ3n) is 4.45. The molecule has 1 fully saturated rings. The minimum Gasteiger partial charge on any atom is -0.372 e. The Morgan fingerprint density at radius 3 is 2.46 bits per heavy atom. The lowest BCUT2D eigenvalue weighted by molar-refractivity contribution is 0.0953. The van der Waals surface area contributed by atoms with Gasteiger partial charge in [-0.25, -0.2) is 0 Å². The lowest BCUT2D eigenvalue weighted by atomic mass is 10.1. The Labute approximate surface area is 148 Å². The van der Waals surface area contributed by atoms with Gasteiger partial charge < -0.3 is 10.2 Å².